The van der Waals surface area contributed by atoms with E-state index in [1.165, 1.54) is 30.3 Å². The van der Waals surface area contributed by atoms with Crippen molar-refractivity contribution in [2.24, 2.45) is 0 Å². The van der Waals surface area contributed by atoms with Crippen molar-refractivity contribution >= 4 is 12.0 Å². The Bertz CT molecular complexity index is 2150. The minimum atomic E-state index is -1.12. The summed E-state index contributed by atoms with van der Waals surface area (Å²) in [5.41, 5.74) is 3.99. The van der Waals surface area contributed by atoms with Gasteiger partial charge in [0.05, 0.1) is 0 Å². The molecule has 1 amide bonds. The van der Waals surface area contributed by atoms with Gasteiger partial charge in [0.2, 0.25) is 5.43 Å². The van der Waals surface area contributed by atoms with Crippen LogP contribution in [0.1, 0.15) is 43.9 Å². The van der Waals surface area contributed by atoms with Gasteiger partial charge in [-0.2, -0.15) is 0 Å². The molecule has 1 aromatic heterocycles. The molecule has 2 heterocycles. The van der Waals surface area contributed by atoms with E-state index in [1.54, 1.807) is 27.9 Å². The standard InChI is InChI=1S/C38H28F3N3O3/c39-29-12-10-24(11-13-29)14-16-42-23-44(43-17-15-34(45)36(35(43)37(42)46)47-22-25-6-2-1-3-7-25)38-28(18-26-8-4-5-9-30(26)38)19-27-20-32(40)33(41)21-31(27)38/h1-13,15,17,19-21H,14,16,18,22-23H2. The van der Waals surface area contributed by atoms with Gasteiger partial charge in [-0.05, 0) is 76.1 Å². The van der Waals surface area contributed by atoms with Gasteiger partial charge in [0.15, 0.2) is 23.1 Å². The van der Waals surface area contributed by atoms with Crippen molar-refractivity contribution in [1.82, 2.24) is 9.58 Å². The smallest absolute Gasteiger partial charge is 0.277 e. The number of nitrogens with zero attached hydrogens (tertiary/aromatic N) is 3. The van der Waals surface area contributed by atoms with Gasteiger partial charge in [0.25, 0.3) is 5.91 Å². The molecule has 0 saturated heterocycles. The second-order valence-corrected chi connectivity index (χ2v) is 12.0. The van der Waals surface area contributed by atoms with Crippen LogP contribution >= 0.6 is 0 Å². The van der Waals surface area contributed by atoms with E-state index in [2.05, 4.69) is 0 Å². The lowest BCUT2D eigenvalue weighted by atomic mass is 9.83. The summed E-state index contributed by atoms with van der Waals surface area (Å²) in [6.07, 6.45) is 4.39. The molecule has 6 nitrogen and oxygen atoms in total. The summed E-state index contributed by atoms with van der Waals surface area (Å²) in [4.78, 5) is 29.5. The van der Waals surface area contributed by atoms with E-state index in [-0.39, 0.29) is 37.1 Å². The first-order valence-corrected chi connectivity index (χ1v) is 15.4. The Balaban J connectivity index is 1.31. The molecule has 0 bridgehead atoms. The van der Waals surface area contributed by atoms with E-state index >= 15 is 4.39 Å². The third-order valence-electron chi connectivity index (χ3n) is 9.35. The quantitative estimate of drug-likeness (QED) is 0.211. The Morgan fingerprint density at radius 2 is 1.53 bits per heavy atom. The average Bonchev–Trinajstić information content (AvgIpc) is 3.56. The molecule has 1 aliphatic heterocycles. The number of benzene rings is 4. The lowest BCUT2D eigenvalue weighted by Gasteiger charge is -2.49. The molecule has 4 aromatic carbocycles. The van der Waals surface area contributed by atoms with Gasteiger partial charge in [-0.25, -0.2) is 13.2 Å². The lowest BCUT2D eigenvalue weighted by Crippen LogP contribution is -2.62. The van der Waals surface area contributed by atoms with Gasteiger partial charge in [-0.15, -0.1) is 0 Å². The number of rotatable bonds is 7. The van der Waals surface area contributed by atoms with Crippen LogP contribution in [0.25, 0.3) is 6.08 Å². The Kier molecular flexibility index (Phi) is 6.79. The molecule has 3 aliphatic rings. The molecular formula is C38H28F3N3O3. The normalized spacial score (nSPS) is 17.6. The number of halogens is 3. The number of hydrogen-bond acceptors (Lipinski definition) is 4. The molecule has 1 atom stereocenters. The first kappa shape index (κ1) is 28.9. The van der Waals surface area contributed by atoms with Crippen LogP contribution in [0.3, 0.4) is 0 Å². The predicted octanol–water partition coefficient (Wildman–Crippen LogP) is 6.34. The molecule has 5 aromatic rings. The van der Waals surface area contributed by atoms with Crippen molar-refractivity contribution in [1.29, 1.82) is 0 Å². The maximum atomic E-state index is 15.1. The molecule has 0 saturated carbocycles. The van der Waals surface area contributed by atoms with Crippen molar-refractivity contribution in [2.45, 2.75) is 25.0 Å². The molecule has 234 valence electrons. The Hall–Kier alpha value is -5.57. The summed E-state index contributed by atoms with van der Waals surface area (Å²) in [5, 5.41) is 1.95. The van der Waals surface area contributed by atoms with E-state index in [0.717, 1.165) is 27.8 Å². The van der Waals surface area contributed by atoms with Crippen LogP contribution in [0.4, 0.5) is 13.2 Å². The fourth-order valence-corrected chi connectivity index (χ4v) is 7.21. The van der Waals surface area contributed by atoms with E-state index in [4.69, 9.17) is 4.74 Å². The Labute approximate surface area is 268 Å². The van der Waals surface area contributed by atoms with Gasteiger partial charge in [0, 0.05) is 18.8 Å². The van der Waals surface area contributed by atoms with Gasteiger partial charge in [-0.1, -0.05) is 72.8 Å². The average molecular weight is 632 g/mol. The van der Waals surface area contributed by atoms with E-state index in [9.17, 15) is 18.4 Å². The van der Waals surface area contributed by atoms with E-state index in [0.29, 0.717) is 24.0 Å². The minimum Gasteiger partial charge on any atom is -0.482 e. The van der Waals surface area contributed by atoms with Crippen LogP contribution in [0.15, 0.2) is 114 Å². The van der Waals surface area contributed by atoms with Crippen molar-refractivity contribution in [3.8, 4) is 5.75 Å². The van der Waals surface area contributed by atoms with Crippen molar-refractivity contribution < 1.29 is 22.7 Å². The molecular weight excluding hydrogens is 603 g/mol. The fourth-order valence-electron chi connectivity index (χ4n) is 7.21. The lowest BCUT2D eigenvalue weighted by molar-refractivity contribution is 0.0666. The zero-order valence-electron chi connectivity index (χ0n) is 25.1. The molecule has 9 heteroatoms. The Morgan fingerprint density at radius 1 is 0.787 bits per heavy atom. The minimum absolute atomic E-state index is 0.0351. The highest BCUT2D eigenvalue weighted by Gasteiger charge is 2.55. The monoisotopic (exact) mass is 631 g/mol. The topological polar surface area (TPSA) is 54.8 Å². The predicted molar refractivity (Wildman–Crippen MR) is 171 cm³/mol. The van der Waals surface area contributed by atoms with Crippen LogP contribution in [0, 0.1) is 17.5 Å². The number of amides is 1. The first-order valence-electron chi connectivity index (χ1n) is 15.4. The molecule has 8 rings (SSSR count). The molecule has 0 spiro atoms. The van der Waals surface area contributed by atoms with Gasteiger partial charge < -0.3 is 9.64 Å². The SMILES string of the molecule is O=C1c2c(OCc3ccccc3)c(=O)ccn2N(C23C(=Cc4cc(F)c(F)cc42)Cc2ccccc23)CN1CCc1ccc(F)cc1. The molecule has 0 fully saturated rings. The van der Waals surface area contributed by atoms with Gasteiger partial charge >= 0.3 is 0 Å². The van der Waals surface area contributed by atoms with Crippen molar-refractivity contribution in [3.63, 3.8) is 0 Å². The number of fused-ring (bicyclic) bond motifs is 6. The number of carbonyl (C=O) groups excluding carboxylic acids is 1. The summed E-state index contributed by atoms with van der Waals surface area (Å²) < 4.78 is 51.2. The summed E-state index contributed by atoms with van der Waals surface area (Å²) in [6, 6.07) is 27.1. The summed E-state index contributed by atoms with van der Waals surface area (Å²) in [7, 11) is 0. The highest BCUT2D eigenvalue weighted by molar-refractivity contribution is 5.96. The highest BCUT2D eigenvalue weighted by Crippen LogP contribution is 2.55. The maximum Gasteiger partial charge on any atom is 0.277 e. The largest absolute Gasteiger partial charge is 0.482 e. The first-order chi connectivity index (χ1) is 22.8. The Morgan fingerprint density at radius 3 is 2.34 bits per heavy atom. The summed E-state index contributed by atoms with van der Waals surface area (Å²) in [5.74, 6) is -2.80. The number of ether oxygens (including phenoxy) is 1. The van der Waals surface area contributed by atoms with Gasteiger partial charge in [0.1, 0.15) is 24.6 Å². The summed E-state index contributed by atoms with van der Waals surface area (Å²) in [6.45, 7) is 0.351. The van der Waals surface area contributed by atoms with Crippen LogP contribution in [0.2, 0.25) is 0 Å². The number of aromatic nitrogens is 1. The zero-order chi connectivity index (χ0) is 32.3. The van der Waals surface area contributed by atoms with Crippen LogP contribution in [0.5, 0.6) is 5.75 Å². The van der Waals surface area contributed by atoms with Crippen molar-refractivity contribution in [3.05, 3.63) is 176 Å². The second-order valence-electron chi connectivity index (χ2n) is 12.0. The molecule has 2 aliphatic carbocycles. The maximum absolute atomic E-state index is 15.1. The molecule has 47 heavy (non-hydrogen) atoms. The summed E-state index contributed by atoms with van der Waals surface area (Å²) >= 11 is 0. The second kappa shape index (κ2) is 11.0. The highest BCUT2D eigenvalue weighted by atomic mass is 19.2. The van der Waals surface area contributed by atoms with Crippen LogP contribution in [-0.2, 0) is 25.0 Å². The molecule has 0 N–H and O–H groups in total. The van der Waals surface area contributed by atoms with Crippen LogP contribution in [-0.4, -0.2) is 28.7 Å². The van der Waals surface area contributed by atoms with Gasteiger partial charge in [-0.3, -0.25) is 19.3 Å². The number of carbonyl (C=O) groups is 1. The zero-order valence-corrected chi connectivity index (χ0v) is 25.1. The fraction of sp³-hybridized carbons (Fsp3) is 0.158. The molecule has 1 unspecified atom stereocenters. The van der Waals surface area contributed by atoms with Crippen molar-refractivity contribution in [2.75, 3.05) is 18.2 Å². The number of pyridine rings is 1. The number of hydrogen-bond donors (Lipinski definition) is 0. The van der Waals surface area contributed by atoms with E-state index < -0.39 is 28.5 Å². The van der Waals surface area contributed by atoms with E-state index in [1.807, 2.05) is 65.7 Å². The van der Waals surface area contributed by atoms with Crippen LogP contribution < -0.4 is 15.2 Å². The molecule has 0 radical (unpaired) electrons. The third-order valence-corrected chi connectivity index (χ3v) is 9.35. The third kappa shape index (κ3) is 4.56.